The van der Waals surface area contributed by atoms with E-state index in [1.807, 2.05) is 67.6 Å². The summed E-state index contributed by atoms with van der Waals surface area (Å²) >= 11 is 0. The molecular formula is C29H41NO6Si. The van der Waals surface area contributed by atoms with Crippen LogP contribution >= 0.6 is 0 Å². The molecule has 1 aliphatic carbocycles. The van der Waals surface area contributed by atoms with Gasteiger partial charge in [-0.05, 0) is 30.6 Å². The van der Waals surface area contributed by atoms with Crippen LogP contribution in [0.4, 0.5) is 0 Å². The summed E-state index contributed by atoms with van der Waals surface area (Å²) < 4.78 is 25.4. The highest BCUT2D eigenvalue weighted by Crippen LogP contribution is 2.48. The summed E-state index contributed by atoms with van der Waals surface area (Å²) in [5.41, 5.74) is 5.26. The Kier molecular flexibility index (Phi) is 8.88. The summed E-state index contributed by atoms with van der Waals surface area (Å²) in [5, 5.41) is -0.00450. The Morgan fingerprint density at radius 1 is 0.973 bits per heavy atom. The van der Waals surface area contributed by atoms with Gasteiger partial charge in [-0.15, -0.1) is 0 Å². The van der Waals surface area contributed by atoms with Crippen LogP contribution < -0.4 is 5.48 Å². The molecule has 7 nitrogen and oxygen atoms in total. The molecule has 0 aromatic heterocycles. The van der Waals surface area contributed by atoms with Crippen LogP contribution in [0, 0.1) is 5.92 Å². The molecule has 1 aliphatic heterocycles. The maximum absolute atomic E-state index is 12.7. The van der Waals surface area contributed by atoms with Crippen molar-refractivity contribution in [3.8, 4) is 0 Å². The number of carbonyl (C=O) groups is 1. The SMILES string of the molecule is CCOC(=O)C[C@@H]1[C@@H](NOCc2ccccc2)[C@H](O[Si](C)(C)C(C)(C)C)[C@@H]2O[C@H](c3ccccc3)O[C@H]12. The van der Waals surface area contributed by atoms with Crippen molar-refractivity contribution in [2.24, 2.45) is 5.92 Å². The Hall–Kier alpha value is -2.07. The van der Waals surface area contributed by atoms with Crippen LogP contribution in [0.25, 0.3) is 0 Å². The van der Waals surface area contributed by atoms with Crippen LogP contribution in [0.15, 0.2) is 60.7 Å². The third-order valence-electron chi connectivity index (χ3n) is 7.76. The van der Waals surface area contributed by atoms with E-state index < -0.39 is 14.6 Å². The van der Waals surface area contributed by atoms with Crippen molar-refractivity contribution in [3.63, 3.8) is 0 Å². The molecule has 1 saturated heterocycles. The molecule has 6 atom stereocenters. The quantitative estimate of drug-likeness (QED) is 0.247. The van der Waals surface area contributed by atoms with Crippen molar-refractivity contribution in [2.75, 3.05) is 6.61 Å². The Balaban J connectivity index is 1.62. The van der Waals surface area contributed by atoms with E-state index >= 15 is 0 Å². The van der Waals surface area contributed by atoms with E-state index in [4.69, 9.17) is 23.5 Å². The topological polar surface area (TPSA) is 75.3 Å². The number of ether oxygens (including phenoxy) is 3. The van der Waals surface area contributed by atoms with Gasteiger partial charge < -0.3 is 18.6 Å². The molecule has 4 rings (SSSR count). The van der Waals surface area contributed by atoms with E-state index in [-0.39, 0.29) is 47.7 Å². The van der Waals surface area contributed by atoms with Gasteiger partial charge >= 0.3 is 5.97 Å². The van der Waals surface area contributed by atoms with Crippen molar-refractivity contribution in [2.45, 2.75) is 89.5 Å². The van der Waals surface area contributed by atoms with Crippen molar-refractivity contribution in [3.05, 3.63) is 71.8 Å². The first kappa shape index (κ1) is 27.9. The van der Waals surface area contributed by atoms with Gasteiger partial charge in [-0.3, -0.25) is 9.63 Å². The lowest BCUT2D eigenvalue weighted by Gasteiger charge is -2.41. The summed E-state index contributed by atoms with van der Waals surface area (Å²) in [6.07, 6.45) is -1.38. The van der Waals surface area contributed by atoms with Crippen LogP contribution in [0.5, 0.6) is 0 Å². The van der Waals surface area contributed by atoms with E-state index in [9.17, 15) is 4.79 Å². The van der Waals surface area contributed by atoms with Gasteiger partial charge in [0, 0.05) is 11.5 Å². The molecule has 0 amide bonds. The minimum atomic E-state index is -2.21. The monoisotopic (exact) mass is 527 g/mol. The molecule has 2 fully saturated rings. The van der Waals surface area contributed by atoms with Crippen LogP contribution in [0.1, 0.15) is 51.5 Å². The molecule has 8 heteroatoms. The third-order valence-corrected chi connectivity index (χ3v) is 12.2. The van der Waals surface area contributed by atoms with Crippen LogP contribution in [0.3, 0.4) is 0 Å². The molecule has 2 aromatic rings. The Bertz CT molecular complexity index is 1010. The molecule has 1 heterocycles. The number of hydrogen-bond donors (Lipinski definition) is 1. The van der Waals surface area contributed by atoms with E-state index in [1.165, 1.54) is 0 Å². The lowest BCUT2D eigenvalue weighted by molar-refractivity contribution is -0.149. The average Bonchev–Trinajstić information content (AvgIpc) is 3.39. The first-order chi connectivity index (χ1) is 17.6. The number of fused-ring (bicyclic) bond motifs is 1. The highest BCUT2D eigenvalue weighted by Gasteiger charge is 2.60. The Morgan fingerprint density at radius 2 is 1.59 bits per heavy atom. The number of rotatable bonds is 10. The van der Waals surface area contributed by atoms with Gasteiger partial charge in [-0.1, -0.05) is 81.4 Å². The summed E-state index contributed by atoms with van der Waals surface area (Å²) in [7, 11) is -2.21. The molecule has 0 radical (unpaired) electrons. The maximum atomic E-state index is 12.7. The molecule has 0 spiro atoms. The van der Waals surface area contributed by atoms with Crippen LogP contribution in [0.2, 0.25) is 18.1 Å². The predicted molar refractivity (Wildman–Crippen MR) is 144 cm³/mol. The first-order valence-corrected chi connectivity index (χ1v) is 16.1. The summed E-state index contributed by atoms with van der Waals surface area (Å²) in [5.74, 6) is -0.510. The molecule has 1 saturated carbocycles. The zero-order chi connectivity index (χ0) is 26.6. The maximum Gasteiger partial charge on any atom is 0.306 e. The number of carbonyl (C=O) groups excluding carboxylic acids is 1. The molecule has 0 unspecified atom stereocenters. The largest absolute Gasteiger partial charge is 0.466 e. The number of benzene rings is 2. The predicted octanol–water partition coefficient (Wildman–Crippen LogP) is 5.53. The van der Waals surface area contributed by atoms with Crippen molar-refractivity contribution in [1.29, 1.82) is 0 Å². The van der Waals surface area contributed by atoms with Gasteiger partial charge in [0.1, 0.15) is 6.10 Å². The fraction of sp³-hybridized carbons (Fsp3) is 0.552. The molecule has 37 heavy (non-hydrogen) atoms. The van der Waals surface area contributed by atoms with E-state index in [2.05, 4.69) is 39.3 Å². The van der Waals surface area contributed by atoms with Crippen molar-refractivity contribution >= 4 is 14.3 Å². The minimum absolute atomic E-state index is 0.00450. The zero-order valence-electron chi connectivity index (χ0n) is 22.8. The summed E-state index contributed by atoms with van der Waals surface area (Å²) in [6.45, 7) is 13.6. The second kappa shape index (κ2) is 11.8. The van der Waals surface area contributed by atoms with E-state index in [1.54, 1.807) is 0 Å². The normalized spacial score (nSPS) is 27.7. The molecule has 2 aromatic carbocycles. The number of esters is 1. The standard InChI is InChI=1S/C29H41NO6Si/c1-7-32-23(31)18-22-24(30-33-19-20-14-10-8-11-15-20)26(36-37(5,6)29(2,3)4)27-25(22)34-28(35-27)21-16-12-9-13-17-21/h8-17,22,24-28,30H,7,18-19H2,1-6H3/t22-,24-,25-,26+,27-,28-/m1/s1. The van der Waals surface area contributed by atoms with Gasteiger partial charge in [0.15, 0.2) is 14.6 Å². The second-order valence-electron chi connectivity index (χ2n) is 11.4. The lowest BCUT2D eigenvalue weighted by atomic mass is 9.97. The minimum Gasteiger partial charge on any atom is -0.466 e. The van der Waals surface area contributed by atoms with Gasteiger partial charge in [-0.2, -0.15) is 5.48 Å². The van der Waals surface area contributed by atoms with E-state index in [0.29, 0.717) is 13.2 Å². The van der Waals surface area contributed by atoms with Crippen molar-refractivity contribution in [1.82, 2.24) is 5.48 Å². The van der Waals surface area contributed by atoms with Gasteiger partial charge in [0.2, 0.25) is 0 Å². The van der Waals surface area contributed by atoms with Gasteiger partial charge in [-0.25, -0.2) is 0 Å². The summed E-state index contributed by atoms with van der Waals surface area (Å²) in [4.78, 5) is 18.7. The van der Waals surface area contributed by atoms with E-state index in [0.717, 1.165) is 11.1 Å². The smallest absolute Gasteiger partial charge is 0.306 e. The molecule has 202 valence electrons. The zero-order valence-corrected chi connectivity index (χ0v) is 23.8. The molecule has 0 bridgehead atoms. The average molecular weight is 528 g/mol. The Labute approximate surface area is 221 Å². The summed E-state index contributed by atoms with van der Waals surface area (Å²) in [6, 6.07) is 19.6. The molecule has 2 aliphatic rings. The van der Waals surface area contributed by atoms with Crippen molar-refractivity contribution < 1.29 is 28.3 Å². The van der Waals surface area contributed by atoms with Gasteiger partial charge in [0.05, 0.1) is 37.9 Å². The van der Waals surface area contributed by atoms with Crippen LogP contribution in [-0.2, 0) is 34.9 Å². The Morgan fingerprint density at radius 3 is 2.22 bits per heavy atom. The third kappa shape index (κ3) is 6.50. The highest BCUT2D eigenvalue weighted by molar-refractivity contribution is 6.74. The highest BCUT2D eigenvalue weighted by atomic mass is 28.4. The lowest BCUT2D eigenvalue weighted by Crippen LogP contribution is -2.53. The number of nitrogens with one attached hydrogen (secondary N) is 1. The first-order valence-electron chi connectivity index (χ1n) is 13.2. The second-order valence-corrected chi connectivity index (χ2v) is 16.1. The fourth-order valence-corrected chi connectivity index (χ4v) is 6.08. The molecular weight excluding hydrogens is 486 g/mol. The number of hydroxylamine groups is 1. The fourth-order valence-electron chi connectivity index (χ4n) is 4.76. The van der Waals surface area contributed by atoms with Crippen LogP contribution in [-0.4, -0.2) is 45.2 Å². The number of hydrogen-bond acceptors (Lipinski definition) is 7. The van der Waals surface area contributed by atoms with Gasteiger partial charge in [0.25, 0.3) is 0 Å². The molecule has 1 N–H and O–H groups in total.